The number of rotatable bonds is 5. The number of hydrogen-bond acceptors (Lipinski definition) is 3. The van der Waals surface area contributed by atoms with E-state index < -0.39 is 0 Å². The van der Waals surface area contributed by atoms with Gasteiger partial charge in [-0.1, -0.05) is 20.8 Å². The largest absolute Gasteiger partial charge is 0.497 e. The minimum atomic E-state index is 0.332. The Hall–Kier alpha value is -1.38. The molecule has 0 spiro atoms. The van der Waals surface area contributed by atoms with Crippen LogP contribution in [0.15, 0.2) is 18.2 Å². The fraction of sp³-hybridized carbons (Fsp3) is 0.571. The molecular formula is C14H23NO2. The third-order valence-electron chi connectivity index (χ3n) is 2.60. The van der Waals surface area contributed by atoms with E-state index in [2.05, 4.69) is 26.1 Å². The van der Waals surface area contributed by atoms with Crippen molar-refractivity contribution in [1.82, 2.24) is 0 Å². The van der Waals surface area contributed by atoms with Crippen LogP contribution in [-0.2, 0) is 0 Å². The second kappa shape index (κ2) is 5.80. The molecule has 0 aliphatic rings. The summed E-state index contributed by atoms with van der Waals surface area (Å²) in [5.74, 6) is 1.68. The summed E-state index contributed by atoms with van der Waals surface area (Å²) in [6.07, 6.45) is 1.10. The summed E-state index contributed by atoms with van der Waals surface area (Å²) in [6.45, 7) is 7.62. The summed E-state index contributed by atoms with van der Waals surface area (Å²) in [4.78, 5) is 0. The fourth-order valence-corrected chi connectivity index (χ4v) is 1.52. The Kier molecular flexibility index (Phi) is 4.67. The molecule has 0 heterocycles. The van der Waals surface area contributed by atoms with Crippen LogP contribution in [0.2, 0.25) is 0 Å². The molecule has 1 N–H and O–H groups in total. The average Bonchev–Trinajstić information content (AvgIpc) is 2.27. The predicted molar refractivity (Wildman–Crippen MR) is 72.1 cm³/mol. The molecule has 1 rings (SSSR count). The summed E-state index contributed by atoms with van der Waals surface area (Å²) >= 11 is 0. The lowest BCUT2D eigenvalue weighted by Gasteiger charge is -2.19. The quantitative estimate of drug-likeness (QED) is 0.849. The molecule has 0 saturated heterocycles. The van der Waals surface area contributed by atoms with Crippen LogP contribution < -0.4 is 14.8 Å². The van der Waals surface area contributed by atoms with Gasteiger partial charge in [0.2, 0.25) is 0 Å². The molecule has 0 amide bonds. The van der Waals surface area contributed by atoms with Crippen molar-refractivity contribution in [3.63, 3.8) is 0 Å². The van der Waals surface area contributed by atoms with E-state index in [1.54, 1.807) is 14.2 Å². The Balaban J connectivity index is 2.68. The summed E-state index contributed by atoms with van der Waals surface area (Å²) in [5, 5.41) is 3.39. The van der Waals surface area contributed by atoms with E-state index in [0.29, 0.717) is 5.41 Å². The van der Waals surface area contributed by atoms with Crippen molar-refractivity contribution in [2.24, 2.45) is 5.41 Å². The Morgan fingerprint density at radius 1 is 1.12 bits per heavy atom. The van der Waals surface area contributed by atoms with Gasteiger partial charge in [-0.2, -0.15) is 0 Å². The molecule has 0 unspecified atom stereocenters. The maximum atomic E-state index is 5.31. The molecule has 0 bridgehead atoms. The molecule has 17 heavy (non-hydrogen) atoms. The van der Waals surface area contributed by atoms with E-state index in [4.69, 9.17) is 9.47 Å². The third-order valence-corrected chi connectivity index (χ3v) is 2.60. The Labute approximate surface area is 104 Å². The topological polar surface area (TPSA) is 30.5 Å². The number of anilines is 1. The smallest absolute Gasteiger partial charge is 0.142 e. The molecule has 0 aliphatic heterocycles. The monoisotopic (exact) mass is 237 g/mol. The molecule has 3 heteroatoms. The van der Waals surface area contributed by atoms with Crippen molar-refractivity contribution in [3.8, 4) is 11.5 Å². The molecule has 1 aromatic carbocycles. The molecule has 0 aliphatic carbocycles. The second-order valence-electron chi connectivity index (χ2n) is 5.30. The fourth-order valence-electron chi connectivity index (χ4n) is 1.52. The van der Waals surface area contributed by atoms with Gasteiger partial charge in [-0.05, 0) is 24.0 Å². The number of ether oxygens (including phenoxy) is 2. The average molecular weight is 237 g/mol. The standard InChI is InChI=1S/C14H23NO2/c1-14(2,3)8-9-15-12-10-11(16-4)6-7-13(12)17-5/h6-7,10,15H,8-9H2,1-5H3. The summed E-state index contributed by atoms with van der Waals surface area (Å²) < 4.78 is 10.5. The zero-order valence-corrected chi connectivity index (χ0v) is 11.5. The number of nitrogens with one attached hydrogen (secondary N) is 1. The SMILES string of the molecule is COc1ccc(OC)c(NCCC(C)(C)C)c1. The van der Waals surface area contributed by atoms with E-state index in [1.807, 2.05) is 18.2 Å². The highest BCUT2D eigenvalue weighted by atomic mass is 16.5. The summed E-state index contributed by atoms with van der Waals surface area (Å²) in [7, 11) is 3.34. The predicted octanol–water partition coefficient (Wildman–Crippen LogP) is 3.55. The van der Waals surface area contributed by atoms with Gasteiger partial charge in [0.1, 0.15) is 11.5 Å². The van der Waals surface area contributed by atoms with Gasteiger partial charge in [0.05, 0.1) is 19.9 Å². The molecule has 0 atom stereocenters. The lowest BCUT2D eigenvalue weighted by molar-refractivity contribution is 0.387. The minimum absolute atomic E-state index is 0.332. The summed E-state index contributed by atoms with van der Waals surface area (Å²) in [5.41, 5.74) is 1.31. The van der Waals surface area contributed by atoms with Crippen LogP contribution in [0.1, 0.15) is 27.2 Å². The van der Waals surface area contributed by atoms with Crippen LogP contribution in [0, 0.1) is 5.41 Å². The number of hydrogen-bond donors (Lipinski definition) is 1. The highest BCUT2D eigenvalue weighted by molar-refractivity contribution is 5.59. The van der Waals surface area contributed by atoms with Gasteiger partial charge < -0.3 is 14.8 Å². The maximum Gasteiger partial charge on any atom is 0.142 e. The third kappa shape index (κ3) is 4.55. The normalized spacial score (nSPS) is 11.1. The molecule has 0 saturated carbocycles. The maximum absolute atomic E-state index is 5.31. The van der Waals surface area contributed by atoms with Gasteiger partial charge in [0.25, 0.3) is 0 Å². The van der Waals surface area contributed by atoms with Gasteiger partial charge >= 0.3 is 0 Å². The van der Waals surface area contributed by atoms with Crippen molar-refractivity contribution in [2.75, 3.05) is 26.1 Å². The zero-order chi connectivity index (χ0) is 12.9. The zero-order valence-electron chi connectivity index (χ0n) is 11.5. The molecule has 0 radical (unpaired) electrons. The van der Waals surface area contributed by atoms with E-state index >= 15 is 0 Å². The van der Waals surface area contributed by atoms with E-state index in [0.717, 1.165) is 30.2 Å². The van der Waals surface area contributed by atoms with Crippen LogP contribution in [0.25, 0.3) is 0 Å². The van der Waals surface area contributed by atoms with Crippen LogP contribution in [0.5, 0.6) is 11.5 Å². The van der Waals surface area contributed by atoms with Gasteiger partial charge in [0, 0.05) is 12.6 Å². The molecule has 0 fully saturated rings. The van der Waals surface area contributed by atoms with Crippen LogP contribution in [0.3, 0.4) is 0 Å². The van der Waals surface area contributed by atoms with Gasteiger partial charge in [0.15, 0.2) is 0 Å². The molecule has 1 aromatic rings. The first-order chi connectivity index (χ1) is 7.96. The number of methoxy groups -OCH3 is 2. The Bertz CT molecular complexity index is 356. The van der Waals surface area contributed by atoms with E-state index in [-0.39, 0.29) is 0 Å². The van der Waals surface area contributed by atoms with E-state index in [1.165, 1.54) is 0 Å². The van der Waals surface area contributed by atoms with Crippen molar-refractivity contribution < 1.29 is 9.47 Å². The van der Waals surface area contributed by atoms with Crippen molar-refractivity contribution in [3.05, 3.63) is 18.2 Å². The lowest BCUT2D eigenvalue weighted by Crippen LogP contribution is -2.13. The second-order valence-corrected chi connectivity index (χ2v) is 5.30. The van der Waals surface area contributed by atoms with Gasteiger partial charge in [-0.3, -0.25) is 0 Å². The van der Waals surface area contributed by atoms with Crippen molar-refractivity contribution in [2.45, 2.75) is 27.2 Å². The Morgan fingerprint density at radius 2 is 1.82 bits per heavy atom. The molecular weight excluding hydrogens is 214 g/mol. The molecule has 3 nitrogen and oxygen atoms in total. The van der Waals surface area contributed by atoms with Crippen LogP contribution in [0.4, 0.5) is 5.69 Å². The van der Waals surface area contributed by atoms with Crippen molar-refractivity contribution >= 4 is 5.69 Å². The first-order valence-electron chi connectivity index (χ1n) is 5.92. The first-order valence-corrected chi connectivity index (χ1v) is 5.92. The van der Waals surface area contributed by atoms with Crippen molar-refractivity contribution in [1.29, 1.82) is 0 Å². The first kappa shape index (κ1) is 13.7. The number of benzene rings is 1. The van der Waals surface area contributed by atoms with Gasteiger partial charge in [-0.15, -0.1) is 0 Å². The van der Waals surface area contributed by atoms with Crippen LogP contribution in [-0.4, -0.2) is 20.8 Å². The van der Waals surface area contributed by atoms with E-state index in [9.17, 15) is 0 Å². The minimum Gasteiger partial charge on any atom is -0.497 e. The molecule has 0 aromatic heterocycles. The summed E-state index contributed by atoms with van der Waals surface area (Å²) in [6, 6.07) is 5.77. The Morgan fingerprint density at radius 3 is 2.35 bits per heavy atom. The highest BCUT2D eigenvalue weighted by Gasteiger charge is 2.10. The lowest BCUT2D eigenvalue weighted by atomic mass is 9.92. The highest BCUT2D eigenvalue weighted by Crippen LogP contribution is 2.29. The molecule has 96 valence electrons. The van der Waals surface area contributed by atoms with Gasteiger partial charge in [-0.25, -0.2) is 0 Å². The van der Waals surface area contributed by atoms with Crippen LogP contribution >= 0.6 is 0 Å².